The molecule has 0 fully saturated rings. The van der Waals surface area contributed by atoms with Crippen molar-refractivity contribution in [2.45, 2.75) is 19.4 Å². The van der Waals surface area contributed by atoms with Crippen molar-refractivity contribution in [1.29, 1.82) is 0 Å². The van der Waals surface area contributed by atoms with Gasteiger partial charge in [-0.05, 0) is 24.2 Å². The van der Waals surface area contributed by atoms with Crippen molar-refractivity contribution in [2.24, 2.45) is 5.73 Å². The van der Waals surface area contributed by atoms with E-state index in [1.165, 1.54) is 0 Å². The summed E-state index contributed by atoms with van der Waals surface area (Å²) in [5.41, 5.74) is 5.33. The van der Waals surface area contributed by atoms with Crippen molar-refractivity contribution in [2.75, 3.05) is 17.8 Å². The highest BCUT2D eigenvalue weighted by Crippen LogP contribution is 2.19. The molecular formula is C7H20ClNO2S2. The number of hydrogen-bond donors (Lipinski definition) is 3. The van der Waals surface area contributed by atoms with Gasteiger partial charge in [-0.3, -0.25) is 15.7 Å². The molecule has 0 aliphatic heterocycles. The van der Waals surface area contributed by atoms with Crippen LogP contribution < -0.4 is 5.73 Å². The summed E-state index contributed by atoms with van der Waals surface area (Å²) in [4.78, 5) is 10.3. The standard InChI is InChI=1S/C7H17NO2S.ClH.H2S/c1-3-11(2)5-4-6(8)7(9)10;;/h6,11H,3-5,8H2,1-2H3,(H,9,10);1H;1H2/t6-;;/m0../s1. The molecule has 0 aromatic carbocycles. The molecule has 0 radical (unpaired) electrons. The van der Waals surface area contributed by atoms with E-state index < -0.39 is 12.0 Å². The van der Waals surface area contributed by atoms with Crippen LogP contribution in [0.3, 0.4) is 0 Å². The molecule has 0 heterocycles. The van der Waals surface area contributed by atoms with E-state index in [9.17, 15) is 4.79 Å². The minimum atomic E-state index is -0.885. The molecule has 0 saturated heterocycles. The van der Waals surface area contributed by atoms with E-state index in [4.69, 9.17) is 10.8 Å². The Balaban J connectivity index is -0.000000500. The summed E-state index contributed by atoms with van der Waals surface area (Å²) in [7, 11) is 0.0210. The fourth-order valence-electron chi connectivity index (χ4n) is 0.641. The molecule has 1 unspecified atom stereocenters. The topological polar surface area (TPSA) is 63.3 Å². The molecule has 0 spiro atoms. The molecule has 2 atom stereocenters. The summed E-state index contributed by atoms with van der Waals surface area (Å²) in [6.07, 6.45) is 2.79. The first-order valence-corrected chi connectivity index (χ1v) is 5.90. The Morgan fingerprint density at radius 2 is 2.08 bits per heavy atom. The van der Waals surface area contributed by atoms with Gasteiger partial charge in [0.25, 0.3) is 0 Å². The number of carboxylic acids is 1. The molecule has 0 rings (SSSR count). The molecule has 0 amide bonds. The summed E-state index contributed by atoms with van der Waals surface area (Å²) in [5.74, 6) is 1.24. The summed E-state index contributed by atoms with van der Waals surface area (Å²) < 4.78 is 0. The van der Waals surface area contributed by atoms with Crippen LogP contribution in [0.1, 0.15) is 13.3 Å². The van der Waals surface area contributed by atoms with Crippen LogP contribution in [-0.2, 0) is 4.79 Å². The molecule has 13 heavy (non-hydrogen) atoms. The van der Waals surface area contributed by atoms with Crippen LogP contribution in [-0.4, -0.2) is 34.9 Å². The minimum Gasteiger partial charge on any atom is -0.480 e. The fourth-order valence-corrected chi connectivity index (χ4v) is 1.68. The second-order valence-corrected chi connectivity index (χ2v) is 5.42. The van der Waals surface area contributed by atoms with Gasteiger partial charge in [0.2, 0.25) is 0 Å². The maximum absolute atomic E-state index is 10.3. The van der Waals surface area contributed by atoms with E-state index in [2.05, 4.69) is 13.2 Å². The second-order valence-electron chi connectivity index (χ2n) is 2.63. The third-order valence-corrected chi connectivity index (χ3v) is 3.78. The average molecular weight is 250 g/mol. The van der Waals surface area contributed by atoms with Crippen LogP contribution in [0, 0.1) is 0 Å². The number of nitrogens with two attached hydrogens (primary N) is 1. The molecule has 0 aliphatic carbocycles. The molecule has 0 aliphatic rings. The largest absolute Gasteiger partial charge is 0.480 e. The Morgan fingerprint density at radius 1 is 1.62 bits per heavy atom. The van der Waals surface area contributed by atoms with E-state index in [1.54, 1.807) is 0 Å². The van der Waals surface area contributed by atoms with Crippen LogP contribution in [0.25, 0.3) is 0 Å². The number of rotatable bonds is 5. The highest BCUT2D eigenvalue weighted by molar-refractivity contribution is 8.16. The number of halogens is 1. The van der Waals surface area contributed by atoms with Crippen LogP contribution in [0.2, 0.25) is 0 Å². The van der Waals surface area contributed by atoms with Gasteiger partial charge in [0, 0.05) is 0 Å². The van der Waals surface area contributed by atoms with Gasteiger partial charge in [-0.15, -0.1) is 12.4 Å². The zero-order chi connectivity index (χ0) is 8.85. The molecular weight excluding hydrogens is 230 g/mol. The van der Waals surface area contributed by atoms with Crippen molar-refractivity contribution in [3.05, 3.63) is 0 Å². The van der Waals surface area contributed by atoms with Gasteiger partial charge >= 0.3 is 5.97 Å². The summed E-state index contributed by atoms with van der Waals surface area (Å²) >= 11 is 0. The normalized spacial score (nSPS) is 14.8. The van der Waals surface area contributed by atoms with Gasteiger partial charge in [-0.25, -0.2) is 0 Å². The van der Waals surface area contributed by atoms with Gasteiger partial charge < -0.3 is 10.8 Å². The lowest BCUT2D eigenvalue weighted by Crippen LogP contribution is -2.30. The Hall–Kier alpha value is 0.420. The summed E-state index contributed by atoms with van der Waals surface area (Å²) in [6.45, 7) is 2.12. The van der Waals surface area contributed by atoms with Crippen LogP contribution >= 0.6 is 36.8 Å². The molecule has 0 saturated carbocycles. The molecule has 3 N–H and O–H groups in total. The molecule has 84 valence electrons. The Bertz CT molecular complexity index is 138. The molecule has 0 aromatic heterocycles. The van der Waals surface area contributed by atoms with Crippen molar-refractivity contribution < 1.29 is 9.90 Å². The fraction of sp³-hybridized carbons (Fsp3) is 0.857. The SMILES string of the molecule is CC[SH](C)CC[C@H](N)C(=O)O.Cl.S. The number of aliphatic carboxylic acids is 1. The predicted molar refractivity (Wildman–Crippen MR) is 68.2 cm³/mol. The molecule has 0 aromatic rings. The quantitative estimate of drug-likeness (QED) is 0.637. The van der Waals surface area contributed by atoms with Gasteiger partial charge in [0.15, 0.2) is 0 Å². The number of hydrogen-bond acceptors (Lipinski definition) is 2. The molecule has 0 bridgehead atoms. The Labute approximate surface area is 95.7 Å². The Morgan fingerprint density at radius 3 is 2.38 bits per heavy atom. The zero-order valence-electron chi connectivity index (χ0n) is 7.99. The number of carboxylic acid groups (broad SMARTS) is 1. The smallest absolute Gasteiger partial charge is 0.320 e. The van der Waals surface area contributed by atoms with Crippen LogP contribution in [0.5, 0.6) is 0 Å². The maximum atomic E-state index is 10.3. The van der Waals surface area contributed by atoms with E-state index in [-0.39, 0.29) is 36.8 Å². The second kappa shape index (κ2) is 10.5. The summed E-state index contributed by atoms with van der Waals surface area (Å²) in [5, 5.41) is 8.45. The third-order valence-electron chi connectivity index (χ3n) is 1.68. The first kappa shape index (κ1) is 19.1. The molecule has 6 heteroatoms. The van der Waals surface area contributed by atoms with E-state index in [0.29, 0.717) is 6.42 Å². The molecule has 3 nitrogen and oxygen atoms in total. The minimum absolute atomic E-state index is 0. The first-order chi connectivity index (χ1) is 5.07. The van der Waals surface area contributed by atoms with Crippen molar-refractivity contribution in [3.63, 3.8) is 0 Å². The lowest BCUT2D eigenvalue weighted by molar-refractivity contribution is -0.138. The van der Waals surface area contributed by atoms with Gasteiger partial charge in [-0.1, -0.05) is 6.92 Å². The number of thiol groups is 1. The van der Waals surface area contributed by atoms with E-state index in [0.717, 1.165) is 11.5 Å². The van der Waals surface area contributed by atoms with Crippen LogP contribution in [0.4, 0.5) is 0 Å². The van der Waals surface area contributed by atoms with Crippen molar-refractivity contribution in [1.82, 2.24) is 0 Å². The summed E-state index contributed by atoms with van der Waals surface area (Å²) in [6, 6.07) is -0.661. The number of carbonyl (C=O) groups is 1. The van der Waals surface area contributed by atoms with Gasteiger partial charge in [0.05, 0.1) is 0 Å². The maximum Gasteiger partial charge on any atom is 0.320 e. The third kappa shape index (κ3) is 10.3. The zero-order valence-corrected chi connectivity index (χ0v) is 10.7. The van der Waals surface area contributed by atoms with Crippen molar-refractivity contribution >= 4 is 42.8 Å². The predicted octanol–water partition coefficient (Wildman–Crippen LogP) is 0.974. The van der Waals surface area contributed by atoms with Gasteiger partial charge in [0.1, 0.15) is 6.04 Å². The lowest BCUT2D eigenvalue weighted by Gasteiger charge is -2.14. The highest BCUT2D eigenvalue weighted by Gasteiger charge is 2.10. The average Bonchev–Trinajstić information content (AvgIpc) is 1.99. The van der Waals surface area contributed by atoms with Gasteiger partial charge in [-0.2, -0.15) is 13.5 Å². The Kier molecular flexibility index (Phi) is 15.4. The van der Waals surface area contributed by atoms with Crippen LogP contribution in [0.15, 0.2) is 0 Å². The van der Waals surface area contributed by atoms with E-state index >= 15 is 0 Å². The highest BCUT2D eigenvalue weighted by atomic mass is 35.5. The monoisotopic (exact) mass is 249 g/mol. The van der Waals surface area contributed by atoms with Crippen molar-refractivity contribution in [3.8, 4) is 0 Å². The lowest BCUT2D eigenvalue weighted by atomic mass is 10.2. The first-order valence-electron chi connectivity index (χ1n) is 3.74. The van der Waals surface area contributed by atoms with E-state index in [1.807, 2.05) is 0 Å².